The first-order valence-corrected chi connectivity index (χ1v) is 3.38. The quantitative estimate of drug-likeness (QED) is 0.539. The van der Waals surface area contributed by atoms with Crippen molar-refractivity contribution in [2.75, 3.05) is 5.32 Å². The average molecular weight is 151 g/mol. The molecule has 0 atom stereocenters. The van der Waals surface area contributed by atoms with E-state index < -0.39 is 0 Å². The molecule has 0 unspecified atom stereocenters. The zero-order valence-corrected chi connectivity index (χ0v) is 6.20. The second kappa shape index (κ2) is 1.98. The highest BCUT2D eigenvalue weighted by Gasteiger charge is 2.10. The van der Waals surface area contributed by atoms with Gasteiger partial charge in [-0.2, -0.15) is 10.1 Å². The molecule has 0 fully saturated rings. The number of hydrogen-bond acceptors (Lipinski definition) is 4. The lowest BCUT2D eigenvalue weighted by molar-refractivity contribution is 0.661. The van der Waals surface area contributed by atoms with Gasteiger partial charge >= 0.3 is 0 Å². The molecule has 0 radical (unpaired) electrons. The summed E-state index contributed by atoms with van der Waals surface area (Å²) in [6.07, 6.45) is 1.74. The number of nitrogens with one attached hydrogen (secondary N) is 1. The van der Waals surface area contributed by atoms with Crippen LogP contribution < -0.4 is 11.1 Å². The van der Waals surface area contributed by atoms with Crippen LogP contribution in [-0.2, 0) is 6.54 Å². The van der Waals surface area contributed by atoms with E-state index in [1.807, 2.05) is 6.92 Å². The van der Waals surface area contributed by atoms with Crippen molar-refractivity contribution in [3.63, 3.8) is 0 Å². The molecule has 2 rings (SSSR count). The molecule has 1 aliphatic heterocycles. The molecule has 5 heteroatoms. The summed E-state index contributed by atoms with van der Waals surface area (Å²) in [7, 11) is 0. The van der Waals surface area contributed by atoms with E-state index in [0.717, 1.165) is 17.5 Å². The van der Waals surface area contributed by atoms with Crippen molar-refractivity contribution in [2.45, 2.75) is 13.5 Å². The van der Waals surface area contributed by atoms with Gasteiger partial charge in [-0.1, -0.05) is 0 Å². The molecule has 5 nitrogen and oxygen atoms in total. The smallest absolute Gasteiger partial charge is 0.225 e. The van der Waals surface area contributed by atoms with E-state index in [9.17, 15) is 0 Å². The van der Waals surface area contributed by atoms with Crippen LogP contribution in [0.3, 0.4) is 0 Å². The Hall–Kier alpha value is -1.52. The molecule has 1 aromatic heterocycles. The molecule has 1 aromatic rings. The van der Waals surface area contributed by atoms with Crippen LogP contribution in [0.4, 0.5) is 5.95 Å². The molecule has 58 valence electrons. The first kappa shape index (κ1) is 6.21. The van der Waals surface area contributed by atoms with E-state index in [2.05, 4.69) is 15.4 Å². The van der Waals surface area contributed by atoms with Crippen LogP contribution in [0.25, 0.3) is 0 Å². The lowest BCUT2D eigenvalue weighted by Crippen LogP contribution is -2.18. The third kappa shape index (κ3) is 0.938. The summed E-state index contributed by atoms with van der Waals surface area (Å²) < 4.78 is 1.74. The topological polar surface area (TPSA) is 68.8 Å². The van der Waals surface area contributed by atoms with Gasteiger partial charge in [-0.15, -0.1) is 0 Å². The lowest BCUT2D eigenvalue weighted by atomic mass is 10.4. The van der Waals surface area contributed by atoms with Crippen LogP contribution in [-0.4, -0.2) is 14.8 Å². The highest BCUT2D eigenvalue weighted by atomic mass is 15.4. The third-order valence-corrected chi connectivity index (χ3v) is 1.50. The van der Waals surface area contributed by atoms with Gasteiger partial charge in [0.2, 0.25) is 5.95 Å². The van der Waals surface area contributed by atoms with E-state index in [1.165, 1.54) is 0 Å². The molecule has 0 aliphatic carbocycles. The highest BCUT2D eigenvalue weighted by Crippen LogP contribution is 2.10. The molecule has 0 aromatic carbocycles. The SMILES string of the molecule is Cc1nc2n(n1)CC(N)=CN2. The Bertz CT molecular complexity index is 311. The summed E-state index contributed by atoms with van der Waals surface area (Å²) in [5.41, 5.74) is 6.33. The summed E-state index contributed by atoms with van der Waals surface area (Å²) in [5, 5.41) is 7.06. The minimum Gasteiger partial charge on any atom is -0.399 e. The van der Waals surface area contributed by atoms with Gasteiger partial charge in [-0.3, -0.25) is 0 Å². The van der Waals surface area contributed by atoms with Gasteiger partial charge in [-0.05, 0) is 6.92 Å². The maximum Gasteiger partial charge on any atom is 0.225 e. The predicted octanol–water partition coefficient (Wildman–Crippen LogP) is -0.188. The van der Waals surface area contributed by atoms with Crippen LogP contribution in [0, 0.1) is 6.92 Å². The Morgan fingerprint density at radius 1 is 1.73 bits per heavy atom. The Morgan fingerprint density at radius 2 is 2.55 bits per heavy atom. The molecule has 1 aliphatic rings. The van der Waals surface area contributed by atoms with Crippen molar-refractivity contribution in [2.24, 2.45) is 5.73 Å². The molecule has 0 spiro atoms. The number of anilines is 1. The van der Waals surface area contributed by atoms with E-state index in [1.54, 1.807) is 10.9 Å². The maximum absolute atomic E-state index is 5.57. The monoisotopic (exact) mass is 151 g/mol. The summed E-state index contributed by atoms with van der Waals surface area (Å²) in [6.45, 7) is 2.48. The van der Waals surface area contributed by atoms with E-state index in [0.29, 0.717) is 6.54 Å². The molecule has 3 N–H and O–H groups in total. The Labute approximate surface area is 63.9 Å². The number of aromatic nitrogens is 3. The highest BCUT2D eigenvalue weighted by molar-refractivity contribution is 5.34. The van der Waals surface area contributed by atoms with Gasteiger partial charge in [0.25, 0.3) is 0 Å². The molecule has 0 saturated heterocycles. The van der Waals surface area contributed by atoms with Gasteiger partial charge < -0.3 is 11.1 Å². The van der Waals surface area contributed by atoms with Crippen molar-refractivity contribution >= 4 is 5.95 Å². The van der Waals surface area contributed by atoms with Crippen molar-refractivity contribution in [3.8, 4) is 0 Å². The fraction of sp³-hybridized carbons (Fsp3) is 0.333. The first-order chi connectivity index (χ1) is 5.25. The summed E-state index contributed by atoms with van der Waals surface area (Å²) in [4.78, 5) is 4.13. The van der Waals surface area contributed by atoms with Crippen LogP contribution in [0.5, 0.6) is 0 Å². The first-order valence-electron chi connectivity index (χ1n) is 3.38. The third-order valence-electron chi connectivity index (χ3n) is 1.50. The standard InChI is InChI=1S/C6H9N5/c1-4-9-6-8-2-5(7)3-11(6)10-4/h2H,3,7H2,1H3,(H,8,9,10). The van der Waals surface area contributed by atoms with Crippen molar-refractivity contribution in [1.29, 1.82) is 0 Å². The molecule has 0 saturated carbocycles. The van der Waals surface area contributed by atoms with Gasteiger partial charge in [0.15, 0.2) is 0 Å². The van der Waals surface area contributed by atoms with Crippen molar-refractivity contribution < 1.29 is 0 Å². The van der Waals surface area contributed by atoms with Crippen LogP contribution in [0.1, 0.15) is 5.82 Å². The predicted molar refractivity (Wildman–Crippen MR) is 40.7 cm³/mol. The Balaban J connectivity index is 2.40. The van der Waals surface area contributed by atoms with Crippen LogP contribution >= 0.6 is 0 Å². The summed E-state index contributed by atoms with van der Waals surface area (Å²) in [6, 6.07) is 0. The fourth-order valence-corrected chi connectivity index (χ4v) is 1.05. The second-order valence-corrected chi connectivity index (χ2v) is 2.50. The average Bonchev–Trinajstić information content (AvgIpc) is 2.27. The maximum atomic E-state index is 5.57. The summed E-state index contributed by atoms with van der Waals surface area (Å²) >= 11 is 0. The number of nitrogens with zero attached hydrogens (tertiary/aromatic N) is 3. The molecule has 11 heavy (non-hydrogen) atoms. The van der Waals surface area contributed by atoms with Gasteiger partial charge in [-0.25, -0.2) is 4.68 Å². The minimum atomic E-state index is 0.628. The lowest BCUT2D eigenvalue weighted by Gasteiger charge is -2.10. The van der Waals surface area contributed by atoms with E-state index >= 15 is 0 Å². The molecule has 0 bridgehead atoms. The Kier molecular flexibility index (Phi) is 1.12. The second-order valence-electron chi connectivity index (χ2n) is 2.50. The summed E-state index contributed by atoms with van der Waals surface area (Å²) in [5.74, 6) is 1.52. The van der Waals surface area contributed by atoms with Gasteiger partial charge in [0, 0.05) is 11.9 Å². The van der Waals surface area contributed by atoms with Gasteiger partial charge in [0.05, 0.1) is 6.54 Å². The molecule has 0 amide bonds. The number of fused-ring (bicyclic) bond motifs is 1. The molecular formula is C6H9N5. The Morgan fingerprint density at radius 3 is 3.36 bits per heavy atom. The van der Waals surface area contributed by atoms with Gasteiger partial charge in [0.1, 0.15) is 5.82 Å². The minimum absolute atomic E-state index is 0.628. The van der Waals surface area contributed by atoms with Crippen LogP contribution in [0.2, 0.25) is 0 Å². The zero-order valence-electron chi connectivity index (χ0n) is 6.20. The van der Waals surface area contributed by atoms with E-state index in [-0.39, 0.29) is 0 Å². The number of hydrogen-bond donors (Lipinski definition) is 2. The van der Waals surface area contributed by atoms with E-state index in [4.69, 9.17) is 5.73 Å². The normalized spacial score (nSPS) is 15.2. The number of aryl methyl sites for hydroxylation is 1. The fourth-order valence-electron chi connectivity index (χ4n) is 1.05. The zero-order chi connectivity index (χ0) is 7.84. The van der Waals surface area contributed by atoms with Crippen LogP contribution in [0.15, 0.2) is 11.9 Å². The van der Waals surface area contributed by atoms with Crippen molar-refractivity contribution in [3.05, 3.63) is 17.7 Å². The largest absolute Gasteiger partial charge is 0.399 e. The number of rotatable bonds is 0. The molecular weight excluding hydrogens is 142 g/mol. The number of allylic oxidation sites excluding steroid dienone is 1. The van der Waals surface area contributed by atoms with Crippen molar-refractivity contribution in [1.82, 2.24) is 14.8 Å². The number of nitrogens with two attached hydrogens (primary N) is 1. The molecule has 2 heterocycles.